The number of carbonyl (C=O) groups is 3. The number of rotatable bonds is 19. The van der Waals surface area contributed by atoms with Crippen LogP contribution in [0.5, 0.6) is 17.2 Å². The monoisotopic (exact) mass is 844 g/mol. The fourth-order valence-electron chi connectivity index (χ4n) is 8.32. The first-order chi connectivity index (χ1) is 30.6. The number of ketones is 1. The number of hydrogen-bond acceptors (Lipinski definition) is 7. The third kappa shape index (κ3) is 10.8. The number of aryl methyl sites for hydroxylation is 2. The minimum atomic E-state index is -0.668. The van der Waals surface area contributed by atoms with Crippen molar-refractivity contribution in [3.05, 3.63) is 184 Å². The number of carbonyl (C=O) groups excluding carboxylic acids is 3. The van der Waals surface area contributed by atoms with Gasteiger partial charge in [-0.3, -0.25) is 9.59 Å². The summed E-state index contributed by atoms with van der Waals surface area (Å²) in [7, 11) is 3.15. The van der Waals surface area contributed by atoms with Gasteiger partial charge in [0.25, 0.3) is 0 Å². The molecule has 6 aromatic rings. The third-order valence-corrected chi connectivity index (χ3v) is 11.8. The minimum Gasteiger partial charge on any atom is -0.497 e. The highest BCUT2D eigenvalue weighted by Crippen LogP contribution is 2.44. The van der Waals surface area contributed by atoms with E-state index in [1.54, 1.807) is 32.4 Å². The number of ether oxygens (including phenoxy) is 4. The summed E-state index contributed by atoms with van der Waals surface area (Å²) in [5, 5.41) is 6.35. The lowest BCUT2D eigenvalue weighted by Crippen LogP contribution is -2.36. The number of alkyl carbamates (subject to hydrolysis) is 1. The summed E-state index contributed by atoms with van der Waals surface area (Å²) in [6, 6.07) is 44.4. The van der Waals surface area contributed by atoms with Crippen LogP contribution < -0.4 is 24.8 Å². The highest BCUT2D eigenvalue weighted by Gasteiger charge is 2.30. The zero-order valence-corrected chi connectivity index (χ0v) is 36.7. The quantitative estimate of drug-likeness (QED) is 0.0835. The summed E-state index contributed by atoms with van der Waals surface area (Å²) in [6.45, 7) is 6.12. The molecule has 0 bridgehead atoms. The first kappa shape index (κ1) is 44.2. The maximum Gasteiger partial charge on any atom is 0.407 e. The predicted octanol–water partition coefficient (Wildman–Crippen LogP) is 11.0. The first-order valence-corrected chi connectivity index (χ1v) is 21.7. The van der Waals surface area contributed by atoms with E-state index in [0.717, 1.165) is 62.9 Å². The molecular formula is C54H56N2O7. The van der Waals surface area contributed by atoms with E-state index in [9.17, 15) is 14.4 Å². The van der Waals surface area contributed by atoms with Gasteiger partial charge in [0.05, 0.1) is 26.3 Å². The highest BCUT2D eigenvalue weighted by molar-refractivity contribution is 5.88. The van der Waals surface area contributed by atoms with Gasteiger partial charge in [0.1, 0.15) is 30.5 Å². The standard InChI is InChI=1S/C54H56N2O7/c1-6-7-12-40(53(58)55-51(37-21-17-35(2)18-22-37)38-23-19-36(3)20-24-38)31-41(57)33-62-42-27-25-39(26-28-42)52(48-30-29-43(60-4)32-50(48)61-5)56-54(59)63-34-49-46-15-10-8-13-44(46)45-14-9-11-16-47(45)49/h8-11,13-30,32,40,49,51-52H,6-7,12,31,33-34H2,1-5H3,(H,55,58)(H,56,59)/t40-,52?/m1/s1. The number of hydrogen-bond donors (Lipinski definition) is 2. The van der Waals surface area contributed by atoms with Gasteiger partial charge in [0, 0.05) is 29.9 Å². The average Bonchev–Trinajstić information content (AvgIpc) is 3.63. The van der Waals surface area contributed by atoms with Crippen LogP contribution in [0.2, 0.25) is 0 Å². The van der Waals surface area contributed by atoms with E-state index in [2.05, 4.69) is 41.8 Å². The topological polar surface area (TPSA) is 112 Å². The molecule has 0 aromatic heterocycles. The van der Waals surface area contributed by atoms with E-state index in [-0.39, 0.29) is 43.3 Å². The van der Waals surface area contributed by atoms with E-state index < -0.39 is 18.1 Å². The van der Waals surface area contributed by atoms with Gasteiger partial charge in [0.15, 0.2) is 5.78 Å². The van der Waals surface area contributed by atoms with Crippen LogP contribution in [0.3, 0.4) is 0 Å². The summed E-state index contributed by atoms with van der Waals surface area (Å²) in [6.07, 6.45) is 1.78. The molecule has 2 N–H and O–H groups in total. The molecule has 324 valence electrons. The molecule has 1 aliphatic carbocycles. The second-order valence-corrected chi connectivity index (χ2v) is 16.2. The van der Waals surface area contributed by atoms with Gasteiger partial charge in [-0.25, -0.2) is 4.79 Å². The zero-order chi connectivity index (χ0) is 44.3. The molecule has 63 heavy (non-hydrogen) atoms. The van der Waals surface area contributed by atoms with Gasteiger partial charge >= 0.3 is 6.09 Å². The molecule has 9 heteroatoms. The largest absolute Gasteiger partial charge is 0.497 e. The fraction of sp³-hybridized carbons (Fsp3) is 0.278. The molecule has 1 aliphatic rings. The number of benzene rings is 6. The molecule has 0 heterocycles. The van der Waals surface area contributed by atoms with Gasteiger partial charge in [-0.2, -0.15) is 0 Å². The van der Waals surface area contributed by atoms with Gasteiger partial charge in [-0.1, -0.05) is 140 Å². The second kappa shape index (κ2) is 20.8. The number of nitrogens with one attached hydrogen (secondary N) is 2. The van der Waals surface area contributed by atoms with Crippen molar-refractivity contribution < 1.29 is 33.3 Å². The molecule has 0 aliphatic heterocycles. The highest BCUT2D eigenvalue weighted by atomic mass is 16.5. The zero-order valence-electron chi connectivity index (χ0n) is 36.7. The Hall–Kier alpha value is -6.87. The van der Waals surface area contributed by atoms with E-state index in [0.29, 0.717) is 29.2 Å². The van der Waals surface area contributed by atoms with E-state index in [1.165, 1.54) is 0 Å². The van der Waals surface area contributed by atoms with E-state index >= 15 is 0 Å². The van der Waals surface area contributed by atoms with Crippen LogP contribution in [-0.4, -0.2) is 45.2 Å². The maximum absolute atomic E-state index is 14.0. The van der Waals surface area contributed by atoms with Crippen molar-refractivity contribution in [2.24, 2.45) is 5.92 Å². The Balaban J connectivity index is 1.03. The van der Waals surface area contributed by atoms with Gasteiger partial charge < -0.3 is 29.6 Å². The summed E-state index contributed by atoms with van der Waals surface area (Å²) in [5.74, 6) is 0.673. The molecule has 0 fully saturated rings. The van der Waals surface area contributed by atoms with E-state index in [4.69, 9.17) is 18.9 Å². The Morgan fingerprint density at radius 3 is 1.76 bits per heavy atom. The summed E-state index contributed by atoms with van der Waals surface area (Å²) >= 11 is 0. The fourth-order valence-corrected chi connectivity index (χ4v) is 8.32. The summed E-state index contributed by atoms with van der Waals surface area (Å²) in [4.78, 5) is 41.2. The van der Waals surface area contributed by atoms with Crippen molar-refractivity contribution in [3.63, 3.8) is 0 Å². The number of methoxy groups -OCH3 is 2. The first-order valence-electron chi connectivity index (χ1n) is 21.7. The van der Waals surface area contributed by atoms with Gasteiger partial charge in [-0.15, -0.1) is 0 Å². The second-order valence-electron chi connectivity index (χ2n) is 16.2. The minimum absolute atomic E-state index is 0.0574. The molecule has 2 amide bonds. The molecular weight excluding hydrogens is 789 g/mol. The number of unbranched alkanes of at least 4 members (excludes halogenated alkanes) is 1. The van der Waals surface area contributed by atoms with Gasteiger partial charge in [0.2, 0.25) is 5.91 Å². The Bertz CT molecular complexity index is 2410. The van der Waals surface area contributed by atoms with Crippen molar-refractivity contribution >= 4 is 17.8 Å². The summed E-state index contributed by atoms with van der Waals surface area (Å²) in [5.41, 5.74) is 10.2. The Morgan fingerprint density at radius 1 is 0.635 bits per heavy atom. The molecule has 0 radical (unpaired) electrons. The molecule has 6 aromatic carbocycles. The van der Waals surface area contributed by atoms with Crippen LogP contribution in [0.1, 0.15) is 95.1 Å². The van der Waals surface area contributed by atoms with Crippen molar-refractivity contribution in [2.75, 3.05) is 27.4 Å². The third-order valence-electron chi connectivity index (χ3n) is 11.8. The normalized spacial score (nSPS) is 12.7. The smallest absolute Gasteiger partial charge is 0.407 e. The molecule has 0 saturated carbocycles. The van der Waals surface area contributed by atoms with Crippen molar-refractivity contribution in [2.45, 2.75) is 64.5 Å². The SMILES string of the molecule is CCCC[C@H](CC(=O)COc1ccc(C(NC(=O)OCC2c3ccccc3-c3ccccc32)c2ccc(OC)cc2OC)cc1)C(=O)NC(c1ccc(C)cc1)c1ccc(C)cc1. The summed E-state index contributed by atoms with van der Waals surface area (Å²) < 4.78 is 23.2. The maximum atomic E-state index is 14.0. The van der Waals surface area contributed by atoms with Crippen molar-refractivity contribution in [1.82, 2.24) is 10.6 Å². The van der Waals surface area contributed by atoms with Crippen LogP contribution in [0, 0.1) is 19.8 Å². The van der Waals surface area contributed by atoms with Crippen LogP contribution >= 0.6 is 0 Å². The van der Waals surface area contributed by atoms with E-state index in [1.807, 2.05) is 111 Å². The predicted molar refractivity (Wildman–Crippen MR) is 247 cm³/mol. The molecule has 7 rings (SSSR count). The average molecular weight is 845 g/mol. The molecule has 9 nitrogen and oxygen atoms in total. The van der Waals surface area contributed by atoms with Crippen LogP contribution in [-0.2, 0) is 14.3 Å². The Morgan fingerprint density at radius 2 is 1.19 bits per heavy atom. The van der Waals surface area contributed by atoms with Crippen molar-refractivity contribution in [1.29, 1.82) is 0 Å². The lowest BCUT2D eigenvalue weighted by molar-refractivity contribution is -0.130. The van der Waals surface area contributed by atoms with Crippen LogP contribution in [0.15, 0.2) is 140 Å². The molecule has 0 saturated heterocycles. The molecule has 2 atom stereocenters. The lowest BCUT2D eigenvalue weighted by Gasteiger charge is -2.24. The lowest BCUT2D eigenvalue weighted by atomic mass is 9.92. The van der Waals surface area contributed by atoms with Crippen LogP contribution in [0.4, 0.5) is 4.79 Å². The van der Waals surface area contributed by atoms with Gasteiger partial charge in [-0.05, 0) is 83.5 Å². The number of Topliss-reactive ketones (excluding diaryl/α,β-unsaturated/α-hetero) is 1. The number of amides is 2. The molecule has 0 spiro atoms. The molecule has 1 unspecified atom stereocenters. The van der Waals surface area contributed by atoms with Crippen LogP contribution in [0.25, 0.3) is 11.1 Å². The van der Waals surface area contributed by atoms with Crippen molar-refractivity contribution in [3.8, 4) is 28.4 Å². The number of fused-ring (bicyclic) bond motifs is 3. The Labute approximate surface area is 370 Å². The Kier molecular flexibility index (Phi) is 14.6.